The highest BCUT2D eigenvalue weighted by atomic mass is 79.9. The molecule has 17 heavy (non-hydrogen) atoms. The van der Waals surface area contributed by atoms with E-state index >= 15 is 0 Å². The van der Waals surface area contributed by atoms with Gasteiger partial charge in [-0.05, 0) is 6.07 Å². The van der Waals surface area contributed by atoms with Gasteiger partial charge in [0.1, 0.15) is 11.3 Å². The van der Waals surface area contributed by atoms with Crippen LogP contribution < -0.4 is 4.74 Å². The smallest absolute Gasteiger partial charge is 0.284 e. The summed E-state index contributed by atoms with van der Waals surface area (Å²) < 4.78 is 4.85. The lowest BCUT2D eigenvalue weighted by atomic mass is 10.0. The number of rotatable bonds is 5. The number of carbonyl (C=O) groups is 2. The summed E-state index contributed by atoms with van der Waals surface area (Å²) >= 11 is 2.95. The van der Waals surface area contributed by atoms with Crippen molar-refractivity contribution in [2.24, 2.45) is 0 Å². The van der Waals surface area contributed by atoms with Gasteiger partial charge in [0.15, 0.2) is 12.1 Å². The molecule has 0 unspecified atom stereocenters. The zero-order valence-corrected chi connectivity index (χ0v) is 10.4. The van der Waals surface area contributed by atoms with Gasteiger partial charge in [-0.15, -0.1) is 0 Å². The number of aldehydes is 1. The molecule has 0 spiro atoms. The molecule has 0 atom stereocenters. The van der Waals surface area contributed by atoms with Crippen LogP contribution >= 0.6 is 15.9 Å². The fourth-order valence-corrected chi connectivity index (χ4v) is 1.61. The van der Waals surface area contributed by atoms with E-state index < -0.39 is 16.4 Å². The average Bonchev–Trinajstić information content (AvgIpc) is 2.35. The highest BCUT2D eigenvalue weighted by molar-refractivity contribution is 9.09. The van der Waals surface area contributed by atoms with Crippen molar-refractivity contribution in [2.75, 3.05) is 12.4 Å². The van der Waals surface area contributed by atoms with E-state index in [1.54, 1.807) is 0 Å². The third-order valence-corrected chi connectivity index (χ3v) is 2.61. The Bertz CT molecular complexity index is 486. The van der Waals surface area contributed by atoms with Crippen LogP contribution in [0.4, 0.5) is 5.69 Å². The van der Waals surface area contributed by atoms with Crippen LogP contribution in [0.5, 0.6) is 5.75 Å². The number of carbonyl (C=O) groups excluding carboxylic acids is 2. The van der Waals surface area contributed by atoms with Crippen LogP contribution in [-0.4, -0.2) is 29.4 Å². The third-order valence-electron chi connectivity index (χ3n) is 2.10. The molecule has 0 aromatic heterocycles. The number of nitro groups is 1. The molecule has 0 saturated carbocycles. The third kappa shape index (κ3) is 2.68. The van der Waals surface area contributed by atoms with Crippen LogP contribution in [0.25, 0.3) is 0 Å². The number of Topliss-reactive ketones (excluding diaryl/α,β-unsaturated/α-hetero) is 1. The second-order valence-electron chi connectivity index (χ2n) is 3.04. The minimum absolute atomic E-state index is 0.0251. The van der Waals surface area contributed by atoms with Gasteiger partial charge in [0.05, 0.1) is 23.4 Å². The highest BCUT2D eigenvalue weighted by Gasteiger charge is 2.22. The van der Waals surface area contributed by atoms with Gasteiger partial charge >= 0.3 is 0 Å². The molecule has 0 saturated heterocycles. The van der Waals surface area contributed by atoms with Crippen molar-refractivity contribution in [3.63, 3.8) is 0 Å². The normalized spacial score (nSPS) is 9.76. The number of alkyl halides is 1. The molecule has 0 bridgehead atoms. The largest absolute Gasteiger partial charge is 0.496 e. The molecule has 0 amide bonds. The molecule has 1 aromatic carbocycles. The second kappa shape index (κ2) is 5.53. The summed E-state index contributed by atoms with van der Waals surface area (Å²) in [6, 6.07) is 2.41. The van der Waals surface area contributed by atoms with Crippen molar-refractivity contribution in [3.05, 3.63) is 33.4 Å². The summed E-state index contributed by atoms with van der Waals surface area (Å²) in [6.45, 7) is 0. The van der Waals surface area contributed by atoms with Crippen LogP contribution in [0.3, 0.4) is 0 Å². The molecule has 0 aliphatic carbocycles. The highest BCUT2D eigenvalue weighted by Crippen LogP contribution is 2.28. The van der Waals surface area contributed by atoms with Crippen molar-refractivity contribution < 1.29 is 19.2 Å². The molecule has 0 aliphatic heterocycles. The van der Waals surface area contributed by atoms with Crippen molar-refractivity contribution in [3.8, 4) is 5.75 Å². The Labute approximate surface area is 105 Å². The van der Waals surface area contributed by atoms with Gasteiger partial charge in [0, 0.05) is 5.56 Å². The maximum atomic E-state index is 11.6. The molecule has 7 heteroatoms. The Balaban J connectivity index is 3.55. The molecule has 1 rings (SSSR count). The number of benzene rings is 1. The Kier molecular flexibility index (Phi) is 4.33. The Morgan fingerprint density at radius 1 is 1.59 bits per heavy atom. The van der Waals surface area contributed by atoms with Gasteiger partial charge in [-0.3, -0.25) is 19.7 Å². The number of hydrogen-bond donors (Lipinski definition) is 0. The number of ether oxygens (including phenoxy) is 1. The Morgan fingerprint density at radius 3 is 2.65 bits per heavy atom. The number of nitro benzene ring substituents is 1. The SMILES string of the molecule is COc1cc(C(=O)CBr)c(C=O)c([N+](=O)[O-])c1. The number of methoxy groups -OCH3 is 1. The topological polar surface area (TPSA) is 86.5 Å². The van der Waals surface area contributed by atoms with Crippen molar-refractivity contribution >= 4 is 33.7 Å². The minimum atomic E-state index is -0.725. The monoisotopic (exact) mass is 301 g/mol. The molecular formula is C10H8BrNO5. The molecule has 6 nitrogen and oxygen atoms in total. The summed E-state index contributed by atoms with van der Waals surface area (Å²) in [4.78, 5) is 32.5. The summed E-state index contributed by atoms with van der Waals surface area (Å²) in [7, 11) is 1.32. The van der Waals surface area contributed by atoms with Gasteiger partial charge in [-0.1, -0.05) is 15.9 Å². The van der Waals surface area contributed by atoms with Crippen LogP contribution in [0, 0.1) is 10.1 Å². The molecular weight excluding hydrogens is 294 g/mol. The van der Waals surface area contributed by atoms with Gasteiger partial charge in [0.25, 0.3) is 5.69 Å². The minimum Gasteiger partial charge on any atom is -0.496 e. The zero-order valence-electron chi connectivity index (χ0n) is 8.81. The van der Waals surface area contributed by atoms with Gasteiger partial charge in [-0.2, -0.15) is 0 Å². The standard InChI is InChI=1S/C10H8BrNO5/c1-17-6-2-7(10(14)4-11)8(5-13)9(3-6)12(15)16/h2-3,5H,4H2,1H3. The molecule has 1 aromatic rings. The van der Waals surface area contributed by atoms with E-state index in [-0.39, 0.29) is 22.2 Å². The van der Waals surface area contributed by atoms with E-state index in [9.17, 15) is 19.7 Å². The fourth-order valence-electron chi connectivity index (χ4n) is 1.31. The summed E-state index contributed by atoms with van der Waals surface area (Å²) in [5.74, 6) is -0.263. The summed E-state index contributed by atoms with van der Waals surface area (Å²) in [5, 5.41) is 10.8. The predicted octanol–water partition coefficient (Wildman–Crippen LogP) is 1.99. The zero-order chi connectivity index (χ0) is 13.0. The van der Waals surface area contributed by atoms with Crippen molar-refractivity contribution in [2.45, 2.75) is 0 Å². The molecule has 0 radical (unpaired) electrons. The van der Waals surface area contributed by atoms with Gasteiger partial charge in [-0.25, -0.2) is 0 Å². The van der Waals surface area contributed by atoms with Crippen LogP contribution in [0.15, 0.2) is 12.1 Å². The van der Waals surface area contributed by atoms with E-state index in [1.807, 2.05) is 0 Å². The Hall–Kier alpha value is -1.76. The maximum Gasteiger partial charge on any atom is 0.284 e. The second-order valence-corrected chi connectivity index (χ2v) is 3.60. The maximum absolute atomic E-state index is 11.6. The van der Waals surface area contributed by atoms with Crippen molar-refractivity contribution in [1.82, 2.24) is 0 Å². The molecule has 0 aliphatic rings. The first-order valence-electron chi connectivity index (χ1n) is 4.46. The lowest BCUT2D eigenvalue weighted by Crippen LogP contribution is -2.08. The predicted molar refractivity (Wildman–Crippen MR) is 63.2 cm³/mol. The van der Waals surface area contributed by atoms with Crippen molar-refractivity contribution in [1.29, 1.82) is 0 Å². The fraction of sp³-hybridized carbons (Fsp3) is 0.200. The van der Waals surface area contributed by atoms with E-state index in [0.717, 1.165) is 6.07 Å². The quantitative estimate of drug-likeness (QED) is 0.273. The van der Waals surface area contributed by atoms with E-state index in [0.29, 0.717) is 6.29 Å². The first-order chi connectivity index (χ1) is 8.04. The average molecular weight is 302 g/mol. The molecule has 0 fully saturated rings. The lowest BCUT2D eigenvalue weighted by molar-refractivity contribution is -0.385. The van der Waals surface area contributed by atoms with Gasteiger partial charge in [0.2, 0.25) is 0 Å². The number of halogens is 1. The number of ketones is 1. The first kappa shape index (κ1) is 13.3. The molecule has 0 heterocycles. The van der Waals surface area contributed by atoms with Gasteiger partial charge < -0.3 is 4.74 Å². The molecule has 0 N–H and O–H groups in total. The number of nitrogens with zero attached hydrogens (tertiary/aromatic N) is 1. The van der Waals surface area contributed by atoms with E-state index in [1.165, 1.54) is 13.2 Å². The van der Waals surface area contributed by atoms with Crippen LogP contribution in [-0.2, 0) is 0 Å². The number of hydrogen-bond acceptors (Lipinski definition) is 5. The van der Waals surface area contributed by atoms with E-state index in [2.05, 4.69) is 15.9 Å². The summed E-state index contributed by atoms with van der Waals surface area (Å²) in [6.07, 6.45) is 0.299. The Morgan fingerprint density at radius 2 is 2.24 bits per heavy atom. The summed E-state index contributed by atoms with van der Waals surface area (Å²) in [5.41, 5.74) is -0.702. The first-order valence-corrected chi connectivity index (χ1v) is 5.58. The van der Waals surface area contributed by atoms with Crippen LogP contribution in [0.1, 0.15) is 20.7 Å². The van der Waals surface area contributed by atoms with Crippen LogP contribution in [0.2, 0.25) is 0 Å². The molecule has 90 valence electrons. The van der Waals surface area contributed by atoms with E-state index in [4.69, 9.17) is 4.74 Å². The lowest BCUT2D eigenvalue weighted by Gasteiger charge is -2.06.